The van der Waals surface area contributed by atoms with Crippen LogP contribution in [0.3, 0.4) is 0 Å². The Morgan fingerprint density at radius 2 is 1.94 bits per heavy atom. The summed E-state index contributed by atoms with van der Waals surface area (Å²) in [6.45, 7) is 0. The highest BCUT2D eigenvalue weighted by atomic mass is 79.9. The summed E-state index contributed by atoms with van der Waals surface area (Å²) in [7, 11) is 2.10. The fourth-order valence-corrected chi connectivity index (χ4v) is 2.77. The third kappa shape index (κ3) is 1.59. The molecule has 1 aromatic carbocycles. The molecular formula is C13H13BrN2. The number of aromatic nitrogens is 2. The SMILES string of the molecule is Cn1c(C2CC2)nc(Br)c1-c1ccccc1. The Morgan fingerprint density at radius 3 is 2.56 bits per heavy atom. The van der Waals surface area contributed by atoms with Crippen molar-refractivity contribution in [2.45, 2.75) is 18.8 Å². The van der Waals surface area contributed by atoms with Gasteiger partial charge in [-0.3, -0.25) is 0 Å². The molecule has 0 bridgehead atoms. The van der Waals surface area contributed by atoms with Gasteiger partial charge in [-0.1, -0.05) is 30.3 Å². The van der Waals surface area contributed by atoms with Gasteiger partial charge in [-0.2, -0.15) is 0 Å². The van der Waals surface area contributed by atoms with Crippen molar-refractivity contribution in [1.82, 2.24) is 9.55 Å². The summed E-state index contributed by atoms with van der Waals surface area (Å²) >= 11 is 3.57. The topological polar surface area (TPSA) is 17.8 Å². The van der Waals surface area contributed by atoms with Crippen molar-refractivity contribution < 1.29 is 0 Å². The molecule has 2 aromatic rings. The molecule has 0 aliphatic heterocycles. The number of benzene rings is 1. The molecule has 0 unspecified atom stereocenters. The van der Waals surface area contributed by atoms with Crippen LogP contribution in [0.4, 0.5) is 0 Å². The van der Waals surface area contributed by atoms with E-state index in [1.807, 2.05) is 6.07 Å². The van der Waals surface area contributed by atoms with E-state index in [2.05, 4.69) is 56.8 Å². The Morgan fingerprint density at radius 1 is 1.25 bits per heavy atom. The summed E-state index contributed by atoms with van der Waals surface area (Å²) in [5, 5.41) is 0. The van der Waals surface area contributed by atoms with Crippen molar-refractivity contribution in [3.63, 3.8) is 0 Å². The summed E-state index contributed by atoms with van der Waals surface area (Å²) in [6, 6.07) is 10.4. The van der Waals surface area contributed by atoms with Gasteiger partial charge >= 0.3 is 0 Å². The molecule has 0 saturated heterocycles. The van der Waals surface area contributed by atoms with Crippen molar-refractivity contribution in [3.8, 4) is 11.3 Å². The first-order chi connectivity index (χ1) is 7.77. The summed E-state index contributed by atoms with van der Waals surface area (Å²) in [6.07, 6.45) is 2.57. The molecule has 1 heterocycles. The number of imidazole rings is 1. The largest absolute Gasteiger partial charge is 0.330 e. The maximum Gasteiger partial charge on any atom is 0.132 e. The van der Waals surface area contributed by atoms with Crippen LogP contribution >= 0.6 is 15.9 Å². The highest BCUT2D eigenvalue weighted by Gasteiger charge is 2.29. The molecule has 16 heavy (non-hydrogen) atoms. The quantitative estimate of drug-likeness (QED) is 0.817. The Bertz CT molecular complexity index is 512. The van der Waals surface area contributed by atoms with E-state index in [1.165, 1.54) is 29.9 Å². The van der Waals surface area contributed by atoms with Crippen molar-refractivity contribution in [2.75, 3.05) is 0 Å². The standard InChI is InChI=1S/C13H13BrN2/c1-16-11(9-5-3-2-4-6-9)12(14)15-13(16)10-7-8-10/h2-6,10H,7-8H2,1H3. The van der Waals surface area contributed by atoms with Crippen molar-refractivity contribution in [1.29, 1.82) is 0 Å². The van der Waals surface area contributed by atoms with Crippen molar-refractivity contribution in [2.24, 2.45) is 7.05 Å². The first-order valence-electron chi connectivity index (χ1n) is 5.55. The Balaban J connectivity index is 2.13. The van der Waals surface area contributed by atoms with E-state index in [0.717, 1.165) is 4.60 Å². The Hall–Kier alpha value is -1.09. The summed E-state index contributed by atoms with van der Waals surface area (Å²) in [5.41, 5.74) is 2.40. The van der Waals surface area contributed by atoms with Crippen LogP contribution < -0.4 is 0 Å². The van der Waals surface area contributed by atoms with Gasteiger partial charge in [0.1, 0.15) is 10.4 Å². The number of hydrogen-bond donors (Lipinski definition) is 0. The van der Waals surface area contributed by atoms with Gasteiger partial charge in [0.15, 0.2) is 0 Å². The minimum atomic E-state index is 0.679. The van der Waals surface area contributed by atoms with E-state index in [1.54, 1.807) is 0 Å². The zero-order valence-corrected chi connectivity index (χ0v) is 10.7. The molecule has 1 aliphatic rings. The van der Waals surface area contributed by atoms with Crippen LogP contribution in [0, 0.1) is 0 Å². The minimum absolute atomic E-state index is 0.679. The molecule has 0 spiro atoms. The normalized spacial score (nSPS) is 15.4. The maximum atomic E-state index is 4.63. The number of nitrogens with zero attached hydrogens (tertiary/aromatic N) is 2. The van der Waals surface area contributed by atoms with Crippen LogP contribution in [0.2, 0.25) is 0 Å². The lowest BCUT2D eigenvalue weighted by atomic mass is 10.2. The Kier molecular flexibility index (Phi) is 2.36. The average molecular weight is 277 g/mol. The molecule has 1 aliphatic carbocycles. The third-order valence-corrected chi connectivity index (χ3v) is 3.63. The lowest BCUT2D eigenvalue weighted by Gasteiger charge is -2.05. The van der Waals surface area contributed by atoms with E-state index in [9.17, 15) is 0 Å². The number of hydrogen-bond acceptors (Lipinski definition) is 1. The van der Waals surface area contributed by atoms with E-state index in [4.69, 9.17) is 0 Å². The second-order valence-corrected chi connectivity index (χ2v) is 5.06. The monoisotopic (exact) mass is 276 g/mol. The molecule has 0 amide bonds. The van der Waals surface area contributed by atoms with E-state index < -0.39 is 0 Å². The summed E-state index contributed by atoms with van der Waals surface area (Å²) in [4.78, 5) is 4.63. The van der Waals surface area contributed by atoms with E-state index in [-0.39, 0.29) is 0 Å². The molecule has 3 rings (SSSR count). The molecule has 2 nitrogen and oxygen atoms in total. The highest BCUT2D eigenvalue weighted by Crippen LogP contribution is 2.42. The lowest BCUT2D eigenvalue weighted by Crippen LogP contribution is -1.97. The van der Waals surface area contributed by atoms with Gasteiger partial charge in [0.2, 0.25) is 0 Å². The van der Waals surface area contributed by atoms with Gasteiger partial charge in [-0.25, -0.2) is 4.98 Å². The van der Waals surface area contributed by atoms with Crippen molar-refractivity contribution >= 4 is 15.9 Å². The van der Waals surface area contributed by atoms with E-state index in [0.29, 0.717) is 5.92 Å². The summed E-state index contributed by atoms with van der Waals surface area (Å²) in [5.74, 6) is 1.89. The van der Waals surface area contributed by atoms with Gasteiger partial charge in [0, 0.05) is 18.5 Å². The molecule has 3 heteroatoms. The maximum absolute atomic E-state index is 4.63. The first-order valence-corrected chi connectivity index (χ1v) is 6.34. The molecule has 82 valence electrons. The Labute approximate surface area is 103 Å². The van der Waals surface area contributed by atoms with E-state index >= 15 is 0 Å². The van der Waals surface area contributed by atoms with Crippen LogP contribution in [0.25, 0.3) is 11.3 Å². The van der Waals surface area contributed by atoms with Crippen LogP contribution in [0.15, 0.2) is 34.9 Å². The molecular weight excluding hydrogens is 264 g/mol. The third-order valence-electron chi connectivity index (χ3n) is 3.08. The highest BCUT2D eigenvalue weighted by molar-refractivity contribution is 9.10. The second kappa shape index (κ2) is 3.74. The van der Waals surface area contributed by atoms with Gasteiger partial charge < -0.3 is 4.57 Å². The van der Waals surface area contributed by atoms with Crippen LogP contribution in [0.5, 0.6) is 0 Å². The molecule has 1 fully saturated rings. The van der Waals surface area contributed by atoms with Gasteiger partial charge in [-0.15, -0.1) is 0 Å². The molecule has 0 radical (unpaired) electrons. The molecule has 1 saturated carbocycles. The predicted octanol–water partition coefficient (Wildman–Crippen LogP) is 3.73. The molecule has 0 atom stereocenters. The zero-order chi connectivity index (χ0) is 11.1. The minimum Gasteiger partial charge on any atom is -0.330 e. The smallest absolute Gasteiger partial charge is 0.132 e. The van der Waals surface area contributed by atoms with Crippen molar-refractivity contribution in [3.05, 3.63) is 40.8 Å². The predicted molar refractivity (Wildman–Crippen MR) is 68.3 cm³/mol. The fraction of sp³-hybridized carbons (Fsp3) is 0.308. The van der Waals surface area contributed by atoms with Crippen LogP contribution in [-0.4, -0.2) is 9.55 Å². The molecule has 0 N–H and O–H groups in total. The number of rotatable bonds is 2. The average Bonchev–Trinajstić information content (AvgIpc) is 3.07. The number of halogens is 1. The lowest BCUT2D eigenvalue weighted by molar-refractivity contribution is 0.805. The first kappa shape index (κ1) is 10.1. The molecule has 1 aromatic heterocycles. The summed E-state index contributed by atoms with van der Waals surface area (Å²) < 4.78 is 3.18. The van der Waals surface area contributed by atoms with Gasteiger partial charge in [0.05, 0.1) is 5.69 Å². The zero-order valence-electron chi connectivity index (χ0n) is 9.15. The van der Waals surface area contributed by atoms with Gasteiger partial charge in [0.25, 0.3) is 0 Å². The fourth-order valence-electron chi connectivity index (χ4n) is 2.10. The second-order valence-electron chi connectivity index (χ2n) is 4.31. The van der Waals surface area contributed by atoms with Crippen LogP contribution in [0.1, 0.15) is 24.6 Å². The van der Waals surface area contributed by atoms with Crippen LogP contribution in [-0.2, 0) is 7.05 Å². The van der Waals surface area contributed by atoms with Gasteiger partial charge in [-0.05, 0) is 28.8 Å².